The van der Waals surface area contributed by atoms with Gasteiger partial charge in [0.05, 0.1) is 5.84 Å². The summed E-state index contributed by atoms with van der Waals surface area (Å²) in [4.78, 5) is 15.6. The largest absolute Gasteiger partial charge is 0.368 e. The molecule has 1 aliphatic rings. The molecule has 0 bridgehead atoms. The molecule has 1 unspecified atom stereocenters. The molecule has 0 spiro atoms. The van der Waals surface area contributed by atoms with E-state index in [4.69, 9.17) is 5.73 Å². The molecule has 3 N–H and O–H groups in total. The van der Waals surface area contributed by atoms with Crippen LogP contribution in [0.2, 0.25) is 0 Å². The lowest BCUT2D eigenvalue weighted by atomic mass is 10.0. The van der Waals surface area contributed by atoms with Crippen molar-refractivity contribution in [1.29, 1.82) is 0 Å². The second-order valence-electron chi connectivity index (χ2n) is 4.41. The monoisotopic (exact) mass is 211 g/mol. The zero-order chi connectivity index (χ0) is 11.3. The van der Waals surface area contributed by atoms with Gasteiger partial charge in [0.15, 0.2) is 0 Å². The summed E-state index contributed by atoms with van der Waals surface area (Å²) in [7, 11) is 0. The van der Waals surface area contributed by atoms with Gasteiger partial charge in [0.1, 0.15) is 6.04 Å². The van der Waals surface area contributed by atoms with Crippen molar-refractivity contribution in [1.82, 2.24) is 5.32 Å². The molecule has 0 radical (unpaired) electrons. The Morgan fingerprint density at radius 3 is 2.73 bits per heavy atom. The first-order valence-corrected chi connectivity index (χ1v) is 5.70. The van der Waals surface area contributed by atoms with Crippen molar-refractivity contribution in [2.45, 2.75) is 45.6 Å². The first-order chi connectivity index (χ1) is 7.11. The van der Waals surface area contributed by atoms with Crippen molar-refractivity contribution >= 4 is 11.7 Å². The number of primary amides is 1. The van der Waals surface area contributed by atoms with Gasteiger partial charge in [0.2, 0.25) is 5.91 Å². The first kappa shape index (κ1) is 12.0. The highest BCUT2D eigenvalue weighted by Gasteiger charge is 2.20. The van der Waals surface area contributed by atoms with E-state index in [2.05, 4.69) is 10.3 Å². The molecule has 4 nitrogen and oxygen atoms in total. The summed E-state index contributed by atoms with van der Waals surface area (Å²) in [6, 6.07) is -0.290. The summed E-state index contributed by atoms with van der Waals surface area (Å²) >= 11 is 0. The van der Waals surface area contributed by atoms with Crippen LogP contribution in [-0.4, -0.2) is 24.3 Å². The Hall–Kier alpha value is -1.06. The lowest BCUT2D eigenvalue weighted by Gasteiger charge is -2.20. The Labute approximate surface area is 91.3 Å². The zero-order valence-electron chi connectivity index (χ0n) is 9.62. The normalized spacial score (nSPS) is 19.3. The summed E-state index contributed by atoms with van der Waals surface area (Å²) in [6.45, 7) is 4.84. The smallest absolute Gasteiger partial charge is 0.240 e. The van der Waals surface area contributed by atoms with Crippen molar-refractivity contribution < 1.29 is 4.79 Å². The summed E-state index contributed by atoms with van der Waals surface area (Å²) in [5.74, 6) is 0.857. The molecule has 4 heteroatoms. The number of nitrogens with one attached hydrogen (secondary N) is 1. The van der Waals surface area contributed by atoms with Gasteiger partial charge in [0.25, 0.3) is 0 Å². The van der Waals surface area contributed by atoms with Crippen LogP contribution in [0.5, 0.6) is 0 Å². The fourth-order valence-electron chi connectivity index (χ4n) is 1.74. The average Bonchev–Trinajstić information content (AvgIpc) is 2.41. The first-order valence-electron chi connectivity index (χ1n) is 5.70. The van der Waals surface area contributed by atoms with Gasteiger partial charge in [0, 0.05) is 13.0 Å². The van der Waals surface area contributed by atoms with Crippen LogP contribution in [0.1, 0.15) is 39.5 Å². The highest BCUT2D eigenvalue weighted by atomic mass is 16.1. The Bertz CT molecular complexity index is 248. The van der Waals surface area contributed by atoms with Gasteiger partial charge in [-0.2, -0.15) is 0 Å². The third-order valence-electron chi connectivity index (χ3n) is 2.67. The third-order valence-corrected chi connectivity index (χ3v) is 2.67. The quantitative estimate of drug-likeness (QED) is 0.733. The molecular formula is C11H21N3O. The van der Waals surface area contributed by atoms with Gasteiger partial charge < -0.3 is 11.1 Å². The standard InChI is InChI=1S/C11H21N3O/c1-8(2)10(11(12)15)14-9-6-4-3-5-7-13-9/h8,10H,3-7H2,1-2H3,(H2,12,15)(H,13,14). The maximum absolute atomic E-state index is 11.2. The van der Waals surface area contributed by atoms with Gasteiger partial charge in [-0.15, -0.1) is 0 Å². The second kappa shape index (κ2) is 5.73. The lowest BCUT2D eigenvalue weighted by molar-refractivity contribution is -0.120. The molecule has 1 rings (SSSR count). The fourth-order valence-corrected chi connectivity index (χ4v) is 1.74. The minimum absolute atomic E-state index is 0.202. The van der Waals surface area contributed by atoms with Crippen LogP contribution in [0.4, 0.5) is 0 Å². The highest BCUT2D eigenvalue weighted by molar-refractivity contribution is 5.89. The Morgan fingerprint density at radius 1 is 1.40 bits per heavy atom. The van der Waals surface area contributed by atoms with Gasteiger partial charge in [-0.25, -0.2) is 0 Å². The Kier molecular flexibility index (Phi) is 4.59. The summed E-state index contributed by atoms with van der Waals surface area (Å²) in [6.07, 6.45) is 4.46. The van der Waals surface area contributed by atoms with E-state index >= 15 is 0 Å². The molecule has 0 saturated heterocycles. The third kappa shape index (κ3) is 3.90. The van der Waals surface area contributed by atoms with Crippen LogP contribution in [-0.2, 0) is 4.79 Å². The predicted molar refractivity (Wildman–Crippen MR) is 61.7 cm³/mol. The maximum atomic E-state index is 11.2. The van der Waals surface area contributed by atoms with Crippen LogP contribution < -0.4 is 11.1 Å². The van der Waals surface area contributed by atoms with Gasteiger partial charge in [-0.1, -0.05) is 20.3 Å². The second-order valence-corrected chi connectivity index (χ2v) is 4.41. The number of nitrogens with two attached hydrogens (primary N) is 1. The average molecular weight is 211 g/mol. The predicted octanol–water partition coefficient (Wildman–Crippen LogP) is 1.06. The minimum atomic E-state index is -0.294. The molecule has 1 atom stereocenters. The maximum Gasteiger partial charge on any atom is 0.240 e. The van der Waals surface area contributed by atoms with E-state index in [0.29, 0.717) is 0 Å². The van der Waals surface area contributed by atoms with Crippen LogP contribution in [0.15, 0.2) is 4.99 Å². The van der Waals surface area contributed by atoms with Gasteiger partial charge in [-0.05, 0) is 18.8 Å². The molecule has 0 fully saturated rings. The number of hydrogen-bond donors (Lipinski definition) is 2. The molecular weight excluding hydrogens is 190 g/mol. The minimum Gasteiger partial charge on any atom is -0.368 e. The molecule has 0 aromatic heterocycles. The van der Waals surface area contributed by atoms with E-state index in [0.717, 1.165) is 31.6 Å². The Balaban J connectivity index is 2.56. The summed E-state index contributed by atoms with van der Waals surface area (Å²) in [5, 5.41) is 3.17. The van der Waals surface area contributed by atoms with Crippen molar-refractivity contribution in [3.63, 3.8) is 0 Å². The topological polar surface area (TPSA) is 67.5 Å². The number of amidine groups is 1. The molecule has 86 valence electrons. The molecule has 0 aliphatic carbocycles. The van der Waals surface area contributed by atoms with Crippen molar-refractivity contribution in [2.24, 2.45) is 16.6 Å². The van der Waals surface area contributed by atoms with Gasteiger partial charge in [-0.3, -0.25) is 9.79 Å². The zero-order valence-corrected chi connectivity index (χ0v) is 9.62. The lowest BCUT2D eigenvalue weighted by Crippen LogP contribution is -2.47. The number of hydrogen-bond acceptors (Lipinski definition) is 3. The molecule has 0 aromatic carbocycles. The number of carbonyl (C=O) groups is 1. The van der Waals surface area contributed by atoms with Crippen LogP contribution in [0.25, 0.3) is 0 Å². The summed E-state index contributed by atoms with van der Waals surface area (Å²) < 4.78 is 0. The number of nitrogens with zero attached hydrogens (tertiary/aromatic N) is 1. The van der Waals surface area contributed by atoms with E-state index in [1.807, 2.05) is 13.8 Å². The number of carbonyl (C=O) groups excluding carboxylic acids is 1. The highest BCUT2D eigenvalue weighted by Crippen LogP contribution is 2.08. The van der Waals surface area contributed by atoms with Crippen molar-refractivity contribution in [3.8, 4) is 0 Å². The fraction of sp³-hybridized carbons (Fsp3) is 0.818. The van der Waals surface area contributed by atoms with E-state index < -0.39 is 0 Å². The molecule has 0 saturated carbocycles. The van der Waals surface area contributed by atoms with E-state index in [1.54, 1.807) is 0 Å². The van der Waals surface area contributed by atoms with Crippen LogP contribution in [0, 0.1) is 5.92 Å². The number of rotatable bonds is 3. The van der Waals surface area contributed by atoms with E-state index in [1.165, 1.54) is 6.42 Å². The molecule has 1 amide bonds. The Morgan fingerprint density at radius 2 is 2.13 bits per heavy atom. The number of amides is 1. The van der Waals surface area contributed by atoms with E-state index in [-0.39, 0.29) is 17.9 Å². The van der Waals surface area contributed by atoms with Gasteiger partial charge >= 0.3 is 0 Å². The van der Waals surface area contributed by atoms with Crippen LogP contribution >= 0.6 is 0 Å². The van der Waals surface area contributed by atoms with Crippen molar-refractivity contribution in [3.05, 3.63) is 0 Å². The van der Waals surface area contributed by atoms with Crippen molar-refractivity contribution in [2.75, 3.05) is 6.54 Å². The number of aliphatic imine (C=N–C) groups is 1. The molecule has 0 aromatic rings. The molecule has 1 heterocycles. The SMILES string of the molecule is CC(C)C(NC1=NCCCCC1)C(N)=O. The molecule has 1 aliphatic heterocycles. The van der Waals surface area contributed by atoms with Crippen LogP contribution in [0.3, 0.4) is 0 Å². The summed E-state index contributed by atoms with van der Waals surface area (Å²) in [5.41, 5.74) is 5.34. The molecule has 15 heavy (non-hydrogen) atoms. The van der Waals surface area contributed by atoms with E-state index in [9.17, 15) is 4.79 Å².